The molecule has 3 rings (SSSR count). The van der Waals surface area contributed by atoms with Gasteiger partial charge >= 0.3 is 0 Å². The predicted molar refractivity (Wildman–Crippen MR) is 75.2 cm³/mol. The minimum Gasteiger partial charge on any atom is -0.294 e. The number of benzene rings is 1. The number of rotatable bonds is 3. The second kappa shape index (κ2) is 4.93. The first-order valence-electron chi connectivity index (χ1n) is 5.82. The van der Waals surface area contributed by atoms with Crippen molar-refractivity contribution in [1.29, 1.82) is 0 Å². The van der Waals surface area contributed by atoms with Crippen LogP contribution in [0, 0.1) is 0 Å². The second-order valence-electron chi connectivity index (χ2n) is 4.11. The molecule has 3 aromatic rings. The molecule has 1 aromatic carbocycles. The van der Waals surface area contributed by atoms with Gasteiger partial charge in [-0.3, -0.25) is 4.79 Å². The molecular formula is C14H10BrN3O. The Kier molecular flexibility index (Phi) is 3.13. The van der Waals surface area contributed by atoms with E-state index in [4.69, 9.17) is 0 Å². The fourth-order valence-electron chi connectivity index (χ4n) is 1.86. The zero-order valence-corrected chi connectivity index (χ0v) is 11.5. The van der Waals surface area contributed by atoms with E-state index in [1.54, 1.807) is 16.6 Å². The van der Waals surface area contributed by atoms with Crippen LogP contribution in [-0.2, 0) is 6.42 Å². The van der Waals surface area contributed by atoms with Gasteiger partial charge in [0.15, 0.2) is 17.3 Å². The SMILES string of the molecule is O=C(Cc1nc2cccc(Br)n2n1)c1ccccc1. The minimum absolute atomic E-state index is 0.0210. The van der Waals surface area contributed by atoms with Crippen molar-refractivity contribution in [1.82, 2.24) is 14.6 Å². The molecule has 94 valence electrons. The summed E-state index contributed by atoms with van der Waals surface area (Å²) in [6, 6.07) is 14.8. The number of hydrogen-bond donors (Lipinski definition) is 0. The van der Waals surface area contributed by atoms with Crippen molar-refractivity contribution in [2.75, 3.05) is 0 Å². The van der Waals surface area contributed by atoms with E-state index in [2.05, 4.69) is 26.0 Å². The number of fused-ring (bicyclic) bond motifs is 1. The molecule has 0 unspecified atom stereocenters. The van der Waals surface area contributed by atoms with Crippen molar-refractivity contribution in [3.63, 3.8) is 0 Å². The first-order valence-corrected chi connectivity index (χ1v) is 6.62. The van der Waals surface area contributed by atoms with Crippen LogP contribution in [0.4, 0.5) is 0 Å². The molecule has 0 aliphatic rings. The number of aromatic nitrogens is 3. The maximum atomic E-state index is 12.1. The molecule has 0 saturated heterocycles. The van der Waals surface area contributed by atoms with Crippen molar-refractivity contribution in [3.8, 4) is 0 Å². The molecule has 0 spiro atoms. The third kappa shape index (κ3) is 2.42. The van der Waals surface area contributed by atoms with Crippen molar-refractivity contribution in [2.24, 2.45) is 0 Å². The highest BCUT2D eigenvalue weighted by Gasteiger charge is 2.11. The Morgan fingerprint density at radius 2 is 1.89 bits per heavy atom. The smallest absolute Gasteiger partial charge is 0.170 e. The topological polar surface area (TPSA) is 47.3 Å². The van der Waals surface area contributed by atoms with Crippen LogP contribution in [0.15, 0.2) is 53.1 Å². The van der Waals surface area contributed by atoms with Crippen LogP contribution >= 0.6 is 15.9 Å². The van der Waals surface area contributed by atoms with Gasteiger partial charge in [0.1, 0.15) is 4.60 Å². The molecule has 0 saturated carbocycles. The van der Waals surface area contributed by atoms with E-state index in [0.717, 1.165) is 10.3 Å². The number of Topliss-reactive ketones (excluding diaryl/α,β-unsaturated/α-hetero) is 1. The average Bonchev–Trinajstić information content (AvgIpc) is 2.84. The van der Waals surface area contributed by atoms with Crippen LogP contribution in [0.5, 0.6) is 0 Å². The van der Waals surface area contributed by atoms with Crippen LogP contribution in [0.25, 0.3) is 5.65 Å². The molecule has 0 amide bonds. The summed E-state index contributed by atoms with van der Waals surface area (Å²) in [6.07, 6.45) is 0.206. The van der Waals surface area contributed by atoms with Crippen LogP contribution in [0.1, 0.15) is 16.2 Å². The van der Waals surface area contributed by atoms with Crippen LogP contribution < -0.4 is 0 Å². The Morgan fingerprint density at radius 1 is 1.11 bits per heavy atom. The molecule has 0 fully saturated rings. The van der Waals surface area contributed by atoms with Gasteiger partial charge in [-0.05, 0) is 28.1 Å². The number of nitrogens with zero attached hydrogens (tertiary/aromatic N) is 3. The maximum Gasteiger partial charge on any atom is 0.170 e. The zero-order chi connectivity index (χ0) is 13.2. The largest absolute Gasteiger partial charge is 0.294 e. The fourth-order valence-corrected chi connectivity index (χ4v) is 2.28. The lowest BCUT2D eigenvalue weighted by atomic mass is 10.1. The van der Waals surface area contributed by atoms with Crippen molar-refractivity contribution >= 4 is 27.4 Å². The van der Waals surface area contributed by atoms with E-state index in [0.29, 0.717) is 11.4 Å². The van der Waals surface area contributed by atoms with Gasteiger partial charge in [-0.15, -0.1) is 5.10 Å². The van der Waals surface area contributed by atoms with E-state index >= 15 is 0 Å². The summed E-state index contributed by atoms with van der Waals surface area (Å²) in [5.74, 6) is 0.549. The standard InChI is InChI=1S/C14H10BrN3O/c15-12-7-4-8-14-16-13(17-18(12)14)9-11(19)10-5-2-1-3-6-10/h1-8H,9H2. The second-order valence-corrected chi connectivity index (χ2v) is 4.92. The number of carbonyl (C=O) groups excluding carboxylic acids is 1. The summed E-state index contributed by atoms with van der Waals surface area (Å²) in [4.78, 5) is 16.4. The quantitative estimate of drug-likeness (QED) is 0.551. The van der Waals surface area contributed by atoms with Crippen LogP contribution in [-0.4, -0.2) is 20.4 Å². The lowest BCUT2D eigenvalue weighted by molar-refractivity contribution is 0.0991. The fraction of sp³-hybridized carbons (Fsp3) is 0.0714. The molecule has 2 aromatic heterocycles. The zero-order valence-electron chi connectivity index (χ0n) is 9.95. The third-order valence-electron chi connectivity index (χ3n) is 2.77. The van der Waals surface area contributed by atoms with E-state index in [1.165, 1.54) is 0 Å². The average molecular weight is 316 g/mol. The molecule has 0 bridgehead atoms. The first kappa shape index (κ1) is 12.0. The number of carbonyl (C=O) groups is 1. The molecule has 0 aliphatic carbocycles. The molecular weight excluding hydrogens is 306 g/mol. The van der Waals surface area contributed by atoms with E-state index in [9.17, 15) is 4.79 Å². The molecule has 0 aliphatic heterocycles. The number of ketones is 1. The molecule has 2 heterocycles. The summed E-state index contributed by atoms with van der Waals surface area (Å²) in [5, 5.41) is 4.32. The maximum absolute atomic E-state index is 12.1. The summed E-state index contributed by atoms with van der Waals surface area (Å²) >= 11 is 3.40. The summed E-state index contributed by atoms with van der Waals surface area (Å²) in [7, 11) is 0. The Morgan fingerprint density at radius 3 is 2.63 bits per heavy atom. The lowest BCUT2D eigenvalue weighted by Crippen LogP contribution is -2.05. The normalized spacial score (nSPS) is 10.8. The summed E-state index contributed by atoms with van der Waals surface area (Å²) in [5.41, 5.74) is 1.41. The van der Waals surface area contributed by atoms with Crippen molar-refractivity contribution < 1.29 is 4.79 Å². The molecule has 0 atom stereocenters. The van der Waals surface area contributed by atoms with E-state index in [1.807, 2.05) is 36.4 Å². The van der Waals surface area contributed by atoms with Gasteiger partial charge < -0.3 is 0 Å². The van der Waals surface area contributed by atoms with E-state index in [-0.39, 0.29) is 12.2 Å². The highest BCUT2D eigenvalue weighted by atomic mass is 79.9. The Bertz CT molecular complexity index is 737. The van der Waals surface area contributed by atoms with Crippen molar-refractivity contribution in [2.45, 2.75) is 6.42 Å². The van der Waals surface area contributed by atoms with Gasteiger partial charge in [0.25, 0.3) is 0 Å². The minimum atomic E-state index is 0.0210. The highest BCUT2D eigenvalue weighted by Crippen LogP contribution is 2.12. The van der Waals surface area contributed by atoms with E-state index < -0.39 is 0 Å². The van der Waals surface area contributed by atoms with Gasteiger partial charge in [0.2, 0.25) is 0 Å². The van der Waals surface area contributed by atoms with Crippen LogP contribution in [0.3, 0.4) is 0 Å². The van der Waals surface area contributed by atoms with Crippen LogP contribution in [0.2, 0.25) is 0 Å². The Balaban J connectivity index is 1.90. The van der Waals surface area contributed by atoms with Gasteiger partial charge in [-0.1, -0.05) is 36.4 Å². The number of pyridine rings is 1. The molecule has 0 N–H and O–H groups in total. The molecule has 5 heteroatoms. The summed E-state index contributed by atoms with van der Waals surface area (Å²) in [6.45, 7) is 0. The monoisotopic (exact) mass is 315 g/mol. The number of hydrogen-bond acceptors (Lipinski definition) is 3. The molecule has 4 nitrogen and oxygen atoms in total. The summed E-state index contributed by atoms with van der Waals surface area (Å²) < 4.78 is 2.49. The van der Waals surface area contributed by atoms with Gasteiger partial charge in [0, 0.05) is 5.56 Å². The Hall–Kier alpha value is -2.01. The van der Waals surface area contributed by atoms with Crippen molar-refractivity contribution in [3.05, 3.63) is 64.5 Å². The molecule has 19 heavy (non-hydrogen) atoms. The van der Waals surface area contributed by atoms with Gasteiger partial charge in [-0.25, -0.2) is 9.50 Å². The number of halogens is 1. The predicted octanol–water partition coefficient (Wildman–Crippen LogP) is 2.92. The van der Waals surface area contributed by atoms with Gasteiger partial charge in [0.05, 0.1) is 6.42 Å². The lowest BCUT2D eigenvalue weighted by Gasteiger charge is -1.96. The van der Waals surface area contributed by atoms with Gasteiger partial charge in [-0.2, -0.15) is 0 Å². The highest BCUT2D eigenvalue weighted by molar-refractivity contribution is 9.10. The third-order valence-corrected chi connectivity index (χ3v) is 3.37. The first-order chi connectivity index (χ1) is 9.24. The Labute approximate surface area is 118 Å². The molecule has 0 radical (unpaired) electrons.